The van der Waals surface area contributed by atoms with Crippen molar-refractivity contribution in [3.63, 3.8) is 0 Å². The van der Waals surface area contributed by atoms with Crippen LogP contribution in [0.5, 0.6) is 0 Å². The molecular formula is C16H30BrN5. The molecule has 1 fully saturated rings. The van der Waals surface area contributed by atoms with E-state index in [1.165, 1.54) is 5.69 Å². The first-order valence-corrected chi connectivity index (χ1v) is 8.87. The molecule has 1 atom stereocenters. The summed E-state index contributed by atoms with van der Waals surface area (Å²) in [5.74, 6) is 1.05. The summed E-state index contributed by atoms with van der Waals surface area (Å²) in [6.07, 6.45) is 0. The van der Waals surface area contributed by atoms with Crippen molar-refractivity contribution in [1.82, 2.24) is 24.7 Å². The van der Waals surface area contributed by atoms with Crippen LogP contribution in [0.2, 0.25) is 0 Å². The number of likely N-dealkylation sites (N-methyl/N-ethyl adjacent to an activating group) is 1. The van der Waals surface area contributed by atoms with E-state index in [0.717, 1.165) is 43.2 Å². The predicted octanol–water partition coefficient (Wildman–Crippen LogP) is 2.17. The van der Waals surface area contributed by atoms with E-state index < -0.39 is 0 Å². The number of nitrogens with one attached hydrogen (secondary N) is 1. The topological polar surface area (TPSA) is 36.3 Å². The van der Waals surface area contributed by atoms with Gasteiger partial charge in [0.05, 0.1) is 11.7 Å². The lowest BCUT2D eigenvalue weighted by Gasteiger charge is -2.44. The van der Waals surface area contributed by atoms with E-state index >= 15 is 0 Å². The molecule has 1 saturated heterocycles. The van der Waals surface area contributed by atoms with Crippen LogP contribution < -0.4 is 5.32 Å². The number of aryl methyl sites for hydroxylation is 1. The molecule has 0 bridgehead atoms. The number of nitrogens with zero attached hydrogens (tertiary/aromatic N) is 4. The molecule has 5 nitrogen and oxygen atoms in total. The molecule has 0 aromatic carbocycles. The van der Waals surface area contributed by atoms with Crippen molar-refractivity contribution in [3.05, 3.63) is 16.1 Å². The van der Waals surface area contributed by atoms with Crippen LogP contribution in [0.1, 0.15) is 38.3 Å². The van der Waals surface area contributed by atoms with E-state index in [-0.39, 0.29) is 5.54 Å². The minimum atomic E-state index is 0.258. The standard InChI is InChI=1S/C16H30BrN5/c1-12-19-15(17)14(20(12)6)13(11-18-5)21-7-9-22(10-8-21)16(2,3)4/h13,18H,7-11H2,1-6H3. The Labute approximate surface area is 143 Å². The van der Waals surface area contributed by atoms with Gasteiger partial charge in [0.1, 0.15) is 10.4 Å². The molecular weight excluding hydrogens is 342 g/mol. The van der Waals surface area contributed by atoms with Crippen molar-refractivity contribution in [2.45, 2.75) is 39.3 Å². The van der Waals surface area contributed by atoms with E-state index in [2.05, 4.69) is 75.3 Å². The van der Waals surface area contributed by atoms with Crippen LogP contribution in [0.15, 0.2) is 4.60 Å². The highest BCUT2D eigenvalue weighted by molar-refractivity contribution is 9.10. The quantitative estimate of drug-likeness (QED) is 0.879. The van der Waals surface area contributed by atoms with E-state index in [0.29, 0.717) is 6.04 Å². The van der Waals surface area contributed by atoms with Crippen molar-refractivity contribution < 1.29 is 0 Å². The third-order valence-corrected chi connectivity index (χ3v) is 5.32. The lowest BCUT2D eigenvalue weighted by atomic mass is 10.0. The van der Waals surface area contributed by atoms with Crippen LogP contribution in [0.4, 0.5) is 0 Å². The van der Waals surface area contributed by atoms with Crippen LogP contribution in [0.25, 0.3) is 0 Å². The van der Waals surface area contributed by atoms with Gasteiger partial charge in [-0.1, -0.05) is 0 Å². The SMILES string of the molecule is CNCC(c1c(Br)nc(C)n1C)N1CCN(C(C)(C)C)CC1. The zero-order valence-corrected chi connectivity index (χ0v) is 16.4. The number of piperazine rings is 1. The summed E-state index contributed by atoms with van der Waals surface area (Å²) in [5, 5.41) is 3.35. The molecule has 0 radical (unpaired) electrons. The smallest absolute Gasteiger partial charge is 0.129 e. The lowest BCUT2D eigenvalue weighted by Crippen LogP contribution is -2.55. The molecule has 1 aliphatic heterocycles. The zero-order valence-electron chi connectivity index (χ0n) is 14.8. The largest absolute Gasteiger partial charge is 0.333 e. The molecule has 0 amide bonds. The fourth-order valence-electron chi connectivity index (χ4n) is 3.24. The van der Waals surface area contributed by atoms with E-state index in [9.17, 15) is 0 Å². The monoisotopic (exact) mass is 371 g/mol. The second kappa shape index (κ2) is 6.99. The van der Waals surface area contributed by atoms with E-state index in [1.54, 1.807) is 0 Å². The Morgan fingerprint density at radius 2 is 1.82 bits per heavy atom. The molecule has 2 rings (SSSR count). The number of halogens is 1. The second-order valence-electron chi connectivity index (χ2n) is 7.16. The van der Waals surface area contributed by atoms with Crippen molar-refractivity contribution in [3.8, 4) is 0 Å². The van der Waals surface area contributed by atoms with Gasteiger partial charge >= 0.3 is 0 Å². The van der Waals surface area contributed by atoms with E-state index in [4.69, 9.17) is 0 Å². The molecule has 0 aliphatic carbocycles. The van der Waals surface area contributed by atoms with Gasteiger partial charge in [0, 0.05) is 45.3 Å². The van der Waals surface area contributed by atoms with Crippen LogP contribution in [0.3, 0.4) is 0 Å². The normalized spacial score (nSPS) is 19.6. The van der Waals surface area contributed by atoms with Crippen molar-refractivity contribution in [2.24, 2.45) is 7.05 Å². The third-order valence-electron chi connectivity index (χ3n) is 4.73. The van der Waals surface area contributed by atoms with Gasteiger partial charge in [-0.15, -0.1) is 0 Å². The molecule has 22 heavy (non-hydrogen) atoms. The number of aromatic nitrogens is 2. The average molecular weight is 372 g/mol. The maximum atomic E-state index is 4.58. The molecule has 1 aliphatic rings. The van der Waals surface area contributed by atoms with Crippen molar-refractivity contribution in [2.75, 3.05) is 39.8 Å². The van der Waals surface area contributed by atoms with Crippen LogP contribution >= 0.6 is 15.9 Å². The van der Waals surface area contributed by atoms with Gasteiger partial charge in [-0.05, 0) is 50.7 Å². The molecule has 1 aromatic rings. The van der Waals surface area contributed by atoms with Gasteiger partial charge in [-0.3, -0.25) is 9.80 Å². The van der Waals surface area contributed by atoms with Crippen LogP contribution in [-0.4, -0.2) is 64.7 Å². The molecule has 1 aromatic heterocycles. The number of imidazole rings is 1. The summed E-state index contributed by atoms with van der Waals surface area (Å²) in [6.45, 7) is 14.3. The first kappa shape index (κ1) is 17.9. The molecule has 1 unspecified atom stereocenters. The van der Waals surface area contributed by atoms with Crippen LogP contribution in [0, 0.1) is 6.92 Å². The summed E-state index contributed by atoms with van der Waals surface area (Å²) < 4.78 is 3.19. The van der Waals surface area contributed by atoms with E-state index in [1.807, 2.05) is 7.05 Å². The maximum absolute atomic E-state index is 4.58. The minimum absolute atomic E-state index is 0.258. The Kier molecular flexibility index (Phi) is 5.69. The Morgan fingerprint density at radius 3 is 2.23 bits per heavy atom. The Bertz CT molecular complexity index is 497. The number of rotatable bonds is 4. The number of hydrogen-bond donors (Lipinski definition) is 1. The molecule has 2 heterocycles. The first-order valence-electron chi connectivity index (χ1n) is 8.08. The summed E-state index contributed by atoms with van der Waals surface area (Å²) in [7, 11) is 4.13. The minimum Gasteiger partial charge on any atom is -0.333 e. The van der Waals surface area contributed by atoms with Gasteiger partial charge in [0.25, 0.3) is 0 Å². The number of hydrogen-bond acceptors (Lipinski definition) is 4. The zero-order chi connectivity index (χ0) is 16.5. The van der Waals surface area contributed by atoms with Crippen molar-refractivity contribution >= 4 is 15.9 Å². The van der Waals surface area contributed by atoms with Gasteiger partial charge < -0.3 is 9.88 Å². The first-order chi connectivity index (χ1) is 10.3. The summed E-state index contributed by atoms with van der Waals surface area (Å²) in [6, 6.07) is 0.354. The summed E-state index contributed by atoms with van der Waals surface area (Å²) in [5.41, 5.74) is 1.53. The highest BCUT2D eigenvalue weighted by Crippen LogP contribution is 2.29. The second-order valence-corrected chi connectivity index (χ2v) is 7.91. The average Bonchev–Trinajstić information content (AvgIpc) is 2.69. The summed E-state index contributed by atoms with van der Waals surface area (Å²) >= 11 is 3.65. The highest BCUT2D eigenvalue weighted by Gasteiger charge is 2.31. The van der Waals surface area contributed by atoms with Gasteiger partial charge in [-0.2, -0.15) is 0 Å². The maximum Gasteiger partial charge on any atom is 0.129 e. The molecule has 0 spiro atoms. The fourth-order valence-corrected chi connectivity index (χ4v) is 4.03. The third kappa shape index (κ3) is 3.72. The molecule has 1 N–H and O–H groups in total. The fraction of sp³-hybridized carbons (Fsp3) is 0.812. The van der Waals surface area contributed by atoms with Gasteiger partial charge in [0.15, 0.2) is 0 Å². The highest BCUT2D eigenvalue weighted by atomic mass is 79.9. The predicted molar refractivity (Wildman–Crippen MR) is 95.2 cm³/mol. The Morgan fingerprint density at radius 1 is 1.23 bits per heavy atom. The van der Waals surface area contributed by atoms with Gasteiger partial charge in [0.2, 0.25) is 0 Å². The molecule has 126 valence electrons. The Hall–Kier alpha value is -0.430. The molecule has 6 heteroatoms. The lowest BCUT2D eigenvalue weighted by molar-refractivity contribution is 0.0402. The summed E-state index contributed by atoms with van der Waals surface area (Å²) in [4.78, 5) is 9.73. The van der Waals surface area contributed by atoms with Crippen molar-refractivity contribution in [1.29, 1.82) is 0 Å². The van der Waals surface area contributed by atoms with Crippen LogP contribution in [-0.2, 0) is 7.05 Å². The molecule has 0 saturated carbocycles. The Balaban J connectivity index is 2.16. The van der Waals surface area contributed by atoms with Gasteiger partial charge in [-0.25, -0.2) is 4.98 Å².